The predicted octanol–water partition coefficient (Wildman–Crippen LogP) is 2.34. The molecular weight excluding hydrogens is 254 g/mol. The van der Waals surface area contributed by atoms with Crippen LogP contribution < -0.4 is 5.32 Å². The number of hydrogen-bond donors (Lipinski definition) is 2. The zero-order chi connectivity index (χ0) is 14.6. The van der Waals surface area contributed by atoms with E-state index in [9.17, 15) is 9.59 Å². The summed E-state index contributed by atoms with van der Waals surface area (Å²) in [4.78, 5) is 23.2. The van der Waals surface area contributed by atoms with Gasteiger partial charge in [-0.15, -0.1) is 0 Å². The van der Waals surface area contributed by atoms with E-state index in [0.29, 0.717) is 13.0 Å². The number of nitrogens with one attached hydrogen (secondary N) is 1. The fourth-order valence-electron chi connectivity index (χ4n) is 2.63. The van der Waals surface area contributed by atoms with E-state index in [1.807, 2.05) is 30.3 Å². The molecule has 1 aliphatic rings. The topological polar surface area (TPSA) is 66.4 Å². The van der Waals surface area contributed by atoms with Crippen molar-refractivity contribution in [2.24, 2.45) is 5.92 Å². The van der Waals surface area contributed by atoms with Gasteiger partial charge in [-0.25, -0.2) is 0 Å². The van der Waals surface area contributed by atoms with E-state index >= 15 is 0 Å². The summed E-state index contributed by atoms with van der Waals surface area (Å²) in [6.45, 7) is 2.08. The highest BCUT2D eigenvalue weighted by molar-refractivity contribution is 5.89. The third-order valence-corrected chi connectivity index (χ3v) is 4.25. The molecule has 1 amide bonds. The van der Waals surface area contributed by atoms with Crippen molar-refractivity contribution < 1.29 is 14.7 Å². The maximum absolute atomic E-state index is 12.4. The largest absolute Gasteiger partial charge is 0.481 e. The maximum Gasteiger partial charge on any atom is 0.306 e. The second-order valence-corrected chi connectivity index (χ2v) is 5.59. The van der Waals surface area contributed by atoms with Crippen molar-refractivity contribution in [2.45, 2.75) is 38.0 Å². The van der Waals surface area contributed by atoms with Gasteiger partial charge in [-0.3, -0.25) is 9.59 Å². The van der Waals surface area contributed by atoms with Gasteiger partial charge in [-0.1, -0.05) is 43.7 Å². The van der Waals surface area contributed by atoms with Crippen molar-refractivity contribution in [1.82, 2.24) is 5.32 Å². The summed E-state index contributed by atoms with van der Waals surface area (Å²) < 4.78 is 0. The summed E-state index contributed by atoms with van der Waals surface area (Å²) in [6, 6.07) is 9.85. The highest BCUT2D eigenvalue weighted by Crippen LogP contribution is 2.43. The number of aliphatic carboxylic acids is 1. The SMILES string of the molecule is CC(CCNC(=O)C1(c2ccccc2)CCC1)C(=O)O. The molecule has 0 radical (unpaired) electrons. The molecule has 4 nitrogen and oxygen atoms in total. The van der Waals surface area contributed by atoms with Crippen molar-refractivity contribution in [2.75, 3.05) is 6.54 Å². The average Bonchev–Trinajstić information content (AvgIpc) is 2.38. The molecule has 0 heterocycles. The number of carboxylic acids is 1. The van der Waals surface area contributed by atoms with Crippen LogP contribution in [0, 0.1) is 5.92 Å². The van der Waals surface area contributed by atoms with Crippen molar-refractivity contribution in [3.63, 3.8) is 0 Å². The second-order valence-electron chi connectivity index (χ2n) is 5.59. The molecule has 0 bridgehead atoms. The Kier molecular flexibility index (Phi) is 4.42. The van der Waals surface area contributed by atoms with Crippen LogP contribution in [0.1, 0.15) is 38.2 Å². The minimum atomic E-state index is -0.819. The van der Waals surface area contributed by atoms with Crippen LogP contribution in [0.2, 0.25) is 0 Å². The summed E-state index contributed by atoms with van der Waals surface area (Å²) in [5.41, 5.74) is 0.670. The molecular formula is C16H21NO3. The normalized spacial score (nSPS) is 17.9. The minimum Gasteiger partial charge on any atom is -0.481 e. The highest BCUT2D eigenvalue weighted by Gasteiger charge is 2.45. The number of hydrogen-bond acceptors (Lipinski definition) is 2. The molecule has 1 saturated carbocycles. The first-order chi connectivity index (χ1) is 9.56. The lowest BCUT2D eigenvalue weighted by atomic mass is 9.64. The van der Waals surface area contributed by atoms with E-state index in [2.05, 4.69) is 5.32 Å². The van der Waals surface area contributed by atoms with Crippen molar-refractivity contribution >= 4 is 11.9 Å². The summed E-state index contributed by atoms with van der Waals surface area (Å²) in [7, 11) is 0. The Morgan fingerprint density at radius 3 is 2.45 bits per heavy atom. The number of amides is 1. The number of carbonyl (C=O) groups is 2. The molecule has 20 heavy (non-hydrogen) atoms. The van der Waals surface area contributed by atoms with Crippen LogP contribution in [0.25, 0.3) is 0 Å². The molecule has 0 spiro atoms. The van der Waals surface area contributed by atoms with Gasteiger partial charge >= 0.3 is 5.97 Å². The Morgan fingerprint density at radius 1 is 1.30 bits per heavy atom. The molecule has 1 aliphatic carbocycles. The van der Waals surface area contributed by atoms with Gasteiger partial charge in [0, 0.05) is 6.54 Å². The summed E-state index contributed by atoms with van der Waals surface area (Å²) in [6.07, 6.45) is 3.27. The van der Waals surface area contributed by atoms with Gasteiger partial charge < -0.3 is 10.4 Å². The van der Waals surface area contributed by atoms with Crippen molar-refractivity contribution in [3.05, 3.63) is 35.9 Å². The zero-order valence-electron chi connectivity index (χ0n) is 11.8. The van der Waals surface area contributed by atoms with Crippen LogP contribution in [0.5, 0.6) is 0 Å². The molecule has 108 valence electrons. The van der Waals surface area contributed by atoms with E-state index in [1.165, 1.54) is 0 Å². The van der Waals surface area contributed by atoms with Gasteiger partial charge in [0.1, 0.15) is 0 Å². The summed E-state index contributed by atoms with van der Waals surface area (Å²) in [5.74, 6) is -1.21. The summed E-state index contributed by atoms with van der Waals surface area (Å²) >= 11 is 0. The Hall–Kier alpha value is -1.84. The third kappa shape index (κ3) is 2.84. The first kappa shape index (κ1) is 14.6. The zero-order valence-corrected chi connectivity index (χ0v) is 11.8. The Morgan fingerprint density at radius 2 is 1.95 bits per heavy atom. The van der Waals surface area contributed by atoms with Gasteiger partial charge in [0.2, 0.25) is 5.91 Å². The minimum absolute atomic E-state index is 0.0348. The Bertz CT molecular complexity index is 480. The van der Waals surface area contributed by atoms with E-state index < -0.39 is 17.3 Å². The van der Waals surface area contributed by atoms with Crippen molar-refractivity contribution in [3.8, 4) is 0 Å². The Labute approximate surface area is 119 Å². The molecule has 2 rings (SSSR count). The lowest BCUT2D eigenvalue weighted by Gasteiger charge is -2.40. The van der Waals surface area contributed by atoms with Crippen LogP contribution in [0.4, 0.5) is 0 Å². The smallest absolute Gasteiger partial charge is 0.306 e. The van der Waals surface area contributed by atoms with Crippen LogP contribution in [-0.2, 0) is 15.0 Å². The number of carboxylic acid groups (broad SMARTS) is 1. The van der Waals surface area contributed by atoms with Gasteiger partial charge in [0.15, 0.2) is 0 Å². The van der Waals surface area contributed by atoms with Gasteiger partial charge in [-0.2, -0.15) is 0 Å². The quantitative estimate of drug-likeness (QED) is 0.837. The molecule has 1 atom stereocenters. The lowest BCUT2D eigenvalue weighted by Crippen LogP contribution is -2.49. The monoisotopic (exact) mass is 275 g/mol. The molecule has 1 aromatic carbocycles. The molecule has 4 heteroatoms. The Balaban J connectivity index is 1.95. The van der Waals surface area contributed by atoms with E-state index in [1.54, 1.807) is 6.92 Å². The molecule has 2 N–H and O–H groups in total. The predicted molar refractivity (Wildman–Crippen MR) is 76.4 cm³/mol. The third-order valence-electron chi connectivity index (χ3n) is 4.25. The van der Waals surface area contributed by atoms with Crippen LogP contribution in [-0.4, -0.2) is 23.5 Å². The van der Waals surface area contributed by atoms with Crippen LogP contribution in [0.15, 0.2) is 30.3 Å². The molecule has 0 aliphatic heterocycles. The molecule has 1 unspecified atom stereocenters. The summed E-state index contributed by atoms with van der Waals surface area (Å²) in [5, 5.41) is 11.7. The van der Waals surface area contributed by atoms with E-state index in [-0.39, 0.29) is 5.91 Å². The maximum atomic E-state index is 12.4. The standard InChI is InChI=1S/C16H21NO3/c1-12(14(18)19)8-11-17-15(20)16(9-5-10-16)13-6-3-2-4-7-13/h2-4,6-7,12H,5,8-11H2,1H3,(H,17,20)(H,18,19). The number of benzene rings is 1. The molecule has 0 aromatic heterocycles. The van der Waals surface area contributed by atoms with E-state index in [4.69, 9.17) is 5.11 Å². The lowest BCUT2D eigenvalue weighted by molar-refractivity contribution is -0.141. The van der Waals surface area contributed by atoms with Crippen LogP contribution >= 0.6 is 0 Å². The van der Waals surface area contributed by atoms with Gasteiger partial charge in [0.05, 0.1) is 11.3 Å². The highest BCUT2D eigenvalue weighted by atomic mass is 16.4. The van der Waals surface area contributed by atoms with Gasteiger partial charge in [0.25, 0.3) is 0 Å². The van der Waals surface area contributed by atoms with Gasteiger partial charge in [-0.05, 0) is 24.8 Å². The molecule has 1 aromatic rings. The average molecular weight is 275 g/mol. The number of rotatable bonds is 6. The first-order valence-corrected chi connectivity index (χ1v) is 7.13. The van der Waals surface area contributed by atoms with Crippen molar-refractivity contribution in [1.29, 1.82) is 0 Å². The second kappa shape index (κ2) is 6.07. The first-order valence-electron chi connectivity index (χ1n) is 7.13. The fourth-order valence-corrected chi connectivity index (χ4v) is 2.63. The molecule has 0 saturated heterocycles. The molecule has 1 fully saturated rings. The van der Waals surface area contributed by atoms with E-state index in [0.717, 1.165) is 24.8 Å². The number of carbonyl (C=O) groups excluding carboxylic acids is 1. The fraction of sp³-hybridized carbons (Fsp3) is 0.500. The van der Waals surface area contributed by atoms with Crippen LogP contribution in [0.3, 0.4) is 0 Å².